The Morgan fingerprint density at radius 3 is 1.63 bits per heavy atom. The number of hydrogen-bond donors (Lipinski definition) is 0. The summed E-state index contributed by atoms with van der Waals surface area (Å²) in [4.78, 5) is 0. The van der Waals surface area contributed by atoms with E-state index in [1.165, 1.54) is 0 Å². The predicted molar refractivity (Wildman–Crippen MR) is 68.7 cm³/mol. The van der Waals surface area contributed by atoms with Gasteiger partial charge in [-0.2, -0.15) is 10.5 Å². The summed E-state index contributed by atoms with van der Waals surface area (Å²) in [6.07, 6.45) is 0. The third kappa shape index (κ3) is 2.40. The lowest BCUT2D eigenvalue weighted by molar-refractivity contribution is 0.419. The minimum atomic E-state index is 0.00540. The standard InChI is InChI=1S/C12H11BN4O2/c1-16-9(7-14)3-5-11(16)18-13-19-12-6-4-10(8-15)17(12)2/h3-6,13H,1-2H3. The maximum atomic E-state index is 8.81. The third-order valence-electron chi connectivity index (χ3n) is 2.79. The number of nitriles is 2. The minimum absolute atomic E-state index is 0.00540. The van der Waals surface area contributed by atoms with E-state index in [1.54, 1.807) is 47.5 Å². The fourth-order valence-corrected chi connectivity index (χ4v) is 1.65. The zero-order valence-corrected chi connectivity index (χ0v) is 10.6. The highest BCUT2D eigenvalue weighted by molar-refractivity contribution is 6.20. The van der Waals surface area contributed by atoms with Crippen LogP contribution in [0.4, 0.5) is 0 Å². The monoisotopic (exact) mass is 254 g/mol. The molecule has 2 aromatic heterocycles. The lowest BCUT2D eigenvalue weighted by atomic mass is 10.4. The van der Waals surface area contributed by atoms with Crippen molar-refractivity contribution < 1.29 is 9.31 Å². The maximum Gasteiger partial charge on any atom is 0.578 e. The van der Waals surface area contributed by atoms with E-state index in [1.807, 2.05) is 12.1 Å². The van der Waals surface area contributed by atoms with Crippen molar-refractivity contribution in [1.82, 2.24) is 9.13 Å². The fraction of sp³-hybridized carbons (Fsp3) is 0.167. The molecule has 0 saturated carbocycles. The lowest BCUT2D eigenvalue weighted by Crippen LogP contribution is -2.14. The number of hydrogen-bond acceptors (Lipinski definition) is 4. The van der Waals surface area contributed by atoms with Gasteiger partial charge in [0, 0.05) is 14.1 Å². The summed E-state index contributed by atoms with van der Waals surface area (Å²) in [7, 11) is 3.49. The van der Waals surface area contributed by atoms with Crippen LogP contribution in [0.15, 0.2) is 24.3 Å². The molecular formula is C12H11BN4O2. The molecule has 0 bridgehead atoms. The van der Waals surface area contributed by atoms with Crippen LogP contribution in [0.5, 0.6) is 11.8 Å². The molecule has 0 aliphatic heterocycles. The Hall–Kier alpha value is -2.80. The molecule has 0 amide bonds. The first-order valence-corrected chi connectivity index (χ1v) is 5.54. The first-order valence-electron chi connectivity index (χ1n) is 5.54. The molecule has 0 aliphatic carbocycles. The van der Waals surface area contributed by atoms with Gasteiger partial charge >= 0.3 is 7.69 Å². The van der Waals surface area contributed by atoms with Crippen molar-refractivity contribution in [1.29, 1.82) is 10.5 Å². The molecule has 94 valence electrons. The van der Waals surface area contributed by atoms with Crippen LogP contribution >= 0.6 is 0 Å². The van der Waals surface area contributed by atoms with E-state index in [0.717, 1.165) is 0 Å². The van der Waals surface area contributed by atoms with Gasteiger partial charge in [-0.05, 0) is 24.3 Å². The smallest absolute Gasteiger partial charge is 0.516 e. The normalized spacial score (nSPS) is 9.47. The highest BCUT2D eigenvalue weighted by Crippen LogP contribution is 2.16. The summed E-state index contributed by atoms with van der Waals surface area (Å²) in [5, 5.41) is 17.6. The molecule has 2 heterocycles. The van der Waals surface area contributed by atoms with Gasteiger partial charge in [0.15, 0.2) is 11.8 Å². The zero-order chi connectivity index (χ0) is 13.8. The molecule has 0 saturated heterocycles. The second-order valence-electron chi connectivity index (χ2n) is 3.86. The molecule has 0 aromatic carbocycles. The summed E-state index contributed by atoms with van der Waals surface area (Å²) >= 11 is 0. The van der Waals surface area contributed by atoms with E-state index in [4.69, 9.17) is 19.8 Å². The summed E-state index contributed by atoms with van der Waals surface area (Å²) < 4.78 is 14.1. The van der Waals surface area contributed by atoms with Crippen molar-refractivity contribution in [2.45, 2.75) is 0 Å². The molecule has 2 aromatic rings. The van der Waals surface area contributed by atoms with Crippen LogP contribution in [-0.4, -0.2) is 16.8 Å². The predicted octanol–water partition coefficient (Wildman–Crippen LogP) is 0.831. The van der Waals surface area contributed by atoms with E-state index < -0.39 is 0 Å². The van der Waals surface area contributed by atoms with Gasteiger partial charge < -0.3 is 18.4 Å². The second kappa shape index (κ2) is 5.24. The average Bonchev–Trinajstić information content (AvgIpc) is 2.94. The molecule has 19 heavy (non-hydrogen) atoms. The summed E-state index contributed by atoms with van der Waals surface area (Å²) in [5.74, 6) is 1.09. The summed E-state index contributed by atoms with van der Waals surface area (Å²) in [6.45, 7) is 0. The second-order valence-corrected chi connectivity index (χ2v) is 3.86. The first kappa shape index (κ1) is 12.7. The first-order chi connectivity index (χ1) is 9.17. The molecule has 6 nitrogen and oxygen atoms in total. The molecular weight excluding hydrogens is 243 g/mol. The average molecular weight is 254 g/mol. The SMILES string of the molecule is Cn1c(C#N)ccc1OBOc1ccc(C#N)n1C. The van der Waals surface area contributed by atoms with Gasteiger partial charge in [0.05, 0.1) is 0 Å². The Bertz CT molecular complexity index is 617. The van der Waals surface area contributed by atoms with Crippen LogP contribution in [0.3, 0.4) is 0 Å². The van der Waals surface area contributed by atoms with Gasteiger partial charge in [-0.25, -0.2) is 0 Å². The fourth-order valence-electron chi connectivity index (χ4n) is 1.65. The van der Waals surface area contributed by atoms with Crippen molar-refractivity contribution in [3.8, 4) is 23.9 Å². The lowest BCUT2D eigenvalue weighted by Gasteiger charge is -2.09. The Balaban J connectivity index is 1.97. The summed E-state index contributed by atoms with van der Waals surface area (Å²) in [5.41, 5.74) is 1.03. The van der Waals surface area contributed by atoms with E-state index in [2.05, 4.69) is 0 Å². The molecule has 0 radical (unpaired) electrons. The molecule has 0 spiro atoms. The number of aromatic nitrogens is 2. The third-order valence-corrected chi connectivity index (χ3v) is 2.79. The molecule has 2 rings (SSSR count). The molecule has 0 aliphatic rings. The number of rotatable bonds is 4. The topological polar surface area (TPSA) is 75.9 Å². The van der Waals surface area contributed by atoms with Crippen molar-refractivity contribution in [2.75, 3.05) is 0 Å². The Morgan fingerprint density at radius 2 is 1.32 bits per heavy atom. The van der Waals surface area contributed by atoms with Crippen molar-refractivity contribution in [2.24, 2.45) is 14.1 Å². The molecule has 0 unspecified atom stereocenters. The van der Waals surface area contributed by atoms with Crippen LogP contribution in [0.2, 0.25) is 0 Å². The van der Waals surface area contributed by atoms with Crippen LogP contribution in [0, 0.1) is 22.7 Å². The van der Waals surface area contributed by atoms with Gasteiger partial charge in [0.1, 0.15) is 23.5 Å². The highest BCUT2D eigenvalue weighted by atomic mass is 16.6. The van der Waals surface area contributed by atoms with E-state index in [9.17, 15) is 0 Å². The van der Waals surface area contributed by atoms with Crippen LogP contribution in [-0.2, 0) is 14.1 Å². The van der Waals surface area contributed by atoms with Crippen LogP contribution < -0.4 is 9.31 Å². The van der Waals surface area contributed by atoms with Crippen molar-refractivity contribution in [3.05, 3.63) is 35.7 Å². The van der Waals surface area contributed by atoms with Gasteiger partial charge in [-0.1, -0.05) is 0 Å². The number of nitrogens with zero attached hydrogens (tertiary/aromatic N) is 4. The maximum absolute atomic E-state index is 8.81. The minimum Gasteiger partial charge on any atom is -0.516 e. The van der Waals surface area contributed by atoms with Crippen molar-refractivity contribution in [3.63, 3.8) is 0 Å². The van der Waals surface area contributed by atoms with E-state index >= 15 is 0 Å². The molecule has 0 N–H and O–H groups in total. The largest absolute Gasteiger partial charge is 0.578 e. The van der Waals surface area contributed by atoms with E-state index in [-0.39, 0.29) is 7.69 Å². The van der Waals surface area contributed by atoms with Crippen molar-refractivity contribution >= 4 is 7.69 Å². The Morgan fingerprint density at radius 1 is 0.895 bits per heavy atom. The quantitative estimate of drug-likeness (QED) is 0.757. The van der Waals surface area contributed by atoms with Gasteiger partial charge in [0.25, 0.3) is 0 Å². The zero-order valence-electron chi connectivity index (χ0n) is 10.6. The van der Waals surface area contributed by atoms with Gasteiger partial charge in [-0.3, -0.25) is 0 Å². The van der Waals surface area contributed by atoms with Crippen LogP contribution in [0.1, 0.15) is 11.4 Å². The highest BCUT2D eigenvalue weighted by Gasteiger charge is 2.09. The molecule has 0 fully saturated rings. The molecule has 0 atom stereocenters. The van der Waals surface area contributed by atoms with Gasteiger partial charge in [-0.15, -0.1) is 0 Å². The van der Waals surface area contributed by atoms with E-state index in [0.29, 0.717) is 23.1 Å². The Kier molecular flexibility index (Phi) is 3.49. The van der Waals surface area contributed by atoms with Crippen LogP contribution in [0.25, 0.3) is 0 Å². The summed E-state index contributed by atoms with van der Waals surface area (Å²) in [6, 6.07) is 10.8. The Labute approximate surface area is 111 Å². The molecule has 7 heteroatoms. The van der Waals surface area contributed by atoms with Gasteiger partial charge in [0.2, 0.25) is 0 Å².